The van der Waals surface area contributed by atoms with E-state index in [4.69, 9.17) is 25.8 Å². The minimum Gasteiger partial charge on any atom is -0.493 e. The van der Waals surface area contributed by atoms with Crippen molar-refractivity contribution in [3.63, 3.8) is 0 Å². The average Bonchev–Trinajstić information content (AvgIpc) is 3.07. The molecule has 0 bridgehead atoms. The van der Waals surface area contributed by atoms with Crippen molar-refractivity contribution in [2.24, 2.45) is 0 Å². The molecule has 1 heterocycles. The molecule has 3 aromatic rings. The Kier molecular flexibility index (Phi) is 7.03. The van der Waals surface area contributed by atoms with E-state index in [1.807, 2.05) is 32.0 Å². The molecule has 0 aliphatic carbocycles. The van der Waals surface area contributed by atoms with E-state index in [-0.39, 0.29) is 5.91 Å². The van der Waals surface area contributed by atoms with E-state index in [1.54, 1.807) is 44.6 Å². The maximum atomic E-state index is 13.0. The Bertz CT molecular complexity index is 1030. The van der Waals surface area contributed by atoms with Crippen LogP contribution in [-0.2, 0) is 4.74 Å². The summed E-state index contributed by atoms with van der Waals surface area (Å²) in [6.45, 7) is 4.85. The third kappa shape index (κ3) is 4.78. The molecule has 3 rings (SSSR count). The number of benzene rings is 2. The van der Waals surface area contributed by atoms with Gasteiger partial charge in [0, 0.05) is 35.9 Å². The number of methoxy groups -OCH3 is 2. The Morgan fingerprint density at radius 2 is 1.70 bits per heavy atom. The number of rotatable bonds is 8. The minimum absolute atomic E-state index is 0.308. The Balaban J connectivity index is 1.85. The highest BCUT2D eigenvalue weighted by Gasteiger charge is 2.15. The van der Waals surface area contributed by atoms with E-state index >= 15 is 0 Å². The molecule has 0 atom stereocenters. The zero-order valence-corrected chi connectivity index (χ0v) is 18.2. The number of aryl methyl sites for hydroxylation is 2. The Hall–Kier alpha value is -2.96. The molecular weight excluding hydrogens is 404 g/mol. The molecule has 0 aliphatic rings. The van der Waals surface area contributed by atoms with Gasteiger partial charge in [-0.2, -0.15) is 0 Å². The van der Waals surface area contributed by atoms with Crippen LogP contribution in [0.5, 0.6) is 11.5 Å². The van der Waals surface area contributed by atoms with Crippen LogP contribution in [0.3, 0.4) is 0 Å². The lowest BCUT2D eigenvalue weighted by atomic mass is 10.1. The monoisotopic (exact) mass is 428 g/mol. The van der Waals surface area contributed by atoms with Crippen LogP contribution in [0.1, 0.15) is 21.7 Å². The van der Waals surface area contributed by atoms with Crippen molar-refractivity contribution in [3.8, 4) is 17.2 Å². The maximum Gasteiger partial charge on any atom is 0.257 e. The van der Waals surface area contributed by atoms with Crippen molar-refractivity contribution in [1.29, 1.82) is 0 Å². The van der Waals surface area contributed by atoms with Crippen LogP contribution < -0.4 is 14.8 Å². The van der Waals surface area contributed by atoms with E-state index in [2.05, 4.69) is 9.88 Å². The predicted octanol–water partition coefficient (Wildman–Crippen LogP) is 5.03. The summed E-state index contributed by atoms with van der Waals surface area (Å²) in [5.74, 6) is 0.783. The molecule has 0 unspecified atom stereocenters. The van der Waals surface area contributed by atoms with Gasteiger partial charge in [-0.1, -0.05) is 11.6 Å². The number of halogens is 1. The SMILES string of the molecule is COCCOc1cc(NC(=O)c2cc(-n3c(C)ccc3C)ccc2Cl)ccc1OC. The summed E-state index contributed by atoms with van der Waals surface area (Å²) < 4.78 is 18.1. The van der Waals surface area contributed by atoms with Crippen molar-refractivity contribution in [3.05, 3.63) is 70.5 Å². The first-order valence-electron chi connectivity index (χ1n) is 9.50. The number of amides is 1. The molecule has 30 heavy (non-hydrogen) atoms. The van der Waals surface area contributed by atoms with Gasteiger partial charge >= 0.3 is 0 Å². The normalized spacial score (nSPS) is 10.7. The number of hydrogen-bond acceptors (Lipinski definition) is 4. The Labute approximate surface area is 181 Å². The number of nitrogens with one attached hydrogen (secondary N) is 1. The Morgan fingerprint density at radius 3 is 2.37 bits per heavy atom. The van der Waals surface area contributed by atoms with Crippen molar-refractivity contribution >= 4 is 23.2 Å². The third-order valence-electron chi connectivity index (χ3n) is 4.69. The molecule has 0 radical (unpaired) electrons. The van der Waals surface area contributed by atoms with Gasteiger partial charge in [-0.15, -0.1) is 0 Å². The number of anilines is 1. The highest BCUT2D eigenvalue weighted by molar-refractivity contribution is 6.34. The first kappa shape index (κ1) is 21.7. The molecular formula is C23H25ClN2O4. The van der Waals surface area contributed by atoms with Crippen LogP contribution in [0, 0.1) is 13.8 Å². The molecule has 1 N–H and O–H groups in total. The van der Waals surface area contributed by atoms with Gasteiger partial charge in [0.1, 0.15) is 6.61 Å². The third-order valence-corrected chi connectivity index (χ3v) is 5.02. The minimum atomic E-state index is -0.308. The highest BCUT2D eigenvalue weighted by atomic mass is 35.5. The predicted molar refractivity (Wildman–Crippen MR) is 119 cm³/mol. The van der Waals surface area contributed by atoms with Gasteiger partial charge in [0.2, 0.25) is 0 Å². The van der Waals surface area contributed by atoms with Gasteiger partial charge in [-0.3, -0.25) is 4.79 Å². The van der Waals surface area contributed by atoms with Gasteiger partial charge in [0.05, 0.1) is 24.3 Å². The first-order valence-corrected chi connectivity index (χ1v) is 9.88. The van der Waals surface area contributed by atoms with Crippen LogP contribution in [0.2, 0.25) is 5.02 Å². The number of hydrogen-bond donors (Lipinski definition) is 1. The molecule has 0 spiro atoms. The summed E-state index contributed by atoms with van der Waals surface area (Å²) in [7, 11) is 3.17. The molecule has 1 aromatic heterocycles. The summed E-state index contributed by atoms with van der Waals surface area (Å²) >= 11 is 6.33. The van der Waals surface area contributed by atoms with E-state index in [0.717, 1.165) is 17.1 Å². The maximum absolute atomic E-state index is 13.0. The summed E-state index contributed by atoms with van der Waals surface area (Å²) in [4.78, 5) is 13.0. The van der Waals surface area contributed by atoms with Crippen molar-refractivity contribution < 1.29 is 19.0 Å². The van der Waals surface area contributed by atoms with Crippen LogP contribution >= 0.6 is 11.6 Å². The van der Waals surface area contributed by atoms with Crippen LogP contribution in [0.25, 0.3) is 5.69 Å². The molecule has 0 saturated carbocycles. The lowest BCUT2D eigenvalue weighted by Gasteiger charge is -2.14. The summed E-state index contributed by atoms with van der Waals surface area (Å²) in [6, 6.07) is 14.7. The van der Waals surface area contributed by atoms with Gasteiger partial charge in [0.15, 0.2) is 11.5 Å². The van der Waals surface area contributed by atoms with Crippen LogP contribution in [0.4, 0.5) is 5.69 Å². The van der Waals surface area contributed by atoms with Gasteiger partial charge in [0.25, 0.3) is 5.91 Å². The van der Waals surface area contributed by atoms with E-state index in [1.165, 1.54) is 0 Å². The second-order valence-corrected chi connectivity index (χ2v) is 7.18. The number of aromatic nitrogens is 1. The fourth-order valence-corrected chi connectivity index (χ4v) is 3.41. The molecule has 0 saturated heterocycles. The molecule has 0 aliphatic heterocycles. The zero-order valence-electron chi connectivity index (χ0n) is 17.5. The number of carbonyl (C=O) groups excluding carboxylic acids is 1. The molecule has 6 nitrogen and oxygen atoms in total. The van der Waals surface area contributed by atoms with E-state index in [9.17, 15) is 4.79 Å². The first-order chi connectivity index (χ1) is 14.4. The second-order valence-electron chi connectivity index (χ2n) is 6.78. The summed E-state index contributed by atoms with van der Waals surface area (Å²) in [5.41, 5.74) is 3.99. The second kappa shape index (κ2) is 9.69. The van der Waals surface area contributed by atoms with Crippen molar-refractivity contribution in [2.45, 2.75) is 13.8 Å². The number of carbonyl (C=O) groups is 1. The van der Waals surface area contributed by atoms with Crippen LogP contribution in [-0.4, -0.2) is 37.9 Å². The van der Waals surface area contributed by atoms with Gasteiger partial charge < -0.3 is 24.1 Å². The quantitative estimate of drug-likeness (QED) is 0.511. The molecule has 7 heteroatoms. The van der Waals surface area contributed by atoms with Crippen molar-refractivity contribution in [1.82, 2.24) is 4.57 Å². The lowest BCUT2D eigenvalue weighted by molar-refractivity contribution is 0.102. The van der Waals surface area contributed by atoms with E-state index < -0.39 is 0 Å². The summed E-state index contributed by atoms with van der Waals surface area (Å²) in [6.07, 6.45) is 0. The zero-order chi connectivity index (χ0) is 21.7. The molecule has 0 fully saturated rings. The molecule has 2 aromatic carbocycles. The van der Waals surface area contributed by atoms with Crippen LogP contribution in [0.15, 0.2) is 48.5 Å². The topological polar surface area (TPSA) is 61.7 Å². The largest absolute Gasteiger partial charge is 0.493 e. The smallest absolute Gasteiger partial charge is 0.257 e. The summed E-state index contributed by atoms with van der Waals surface area (Å²) in [5, 5.41) is 3.26. The fourth-order valence-electron chi connectivity index (χ4n) is 3.20. The lowest BCUT2D eigenvalue weighted by Crippen LogP contribution is -2.14. The number of ether oxygens (including phenoxy) is 3. The Morgan fingerprint density at radius 1 is 0.967 bits per heavy atom. The number of nitrogens with zero attached hydrogens (tertiary/aromatic N) is 1. The fraction of sp³-hybridized carbons (Fsp3) is 0.261. The highest BCUT2D eigenvalue weighted by Crippen LogP contribution is 2.31. The van der Waals surface area contributed by atoms with Gasteiger partial charge in [-0.25, -0.2) is 0 Å². The molecule has 158 valence electrons. The van der Waals surface area contributed by atoms with Crippen molar-refractivity contribution in [2.75, 3.05) is 32.8 Å². The van der Waals surface area contributed by atoms with Gasteiger partial charge in [-0.05, 0) is 56.3 Å². The standard InChI is InChI=1S/C23H25ClN2O4/c1-15-5-6-16(2)26(15)18-8-9-20(24)19(14-18)23(27)25-17-7-10-21(29-4)22(13-17)30-12-11-28-3/h5-10,13-14H,11-12H2,1-4H3,(H,25,27). The average molecular weight is 429 g/mol. The molecule has 1 amide bonds. The van der Waals surface area contributed by atoms with E-state index in [0.29, 0.717) is 41.0 Å².